The Kier molecular flexibility index (Phi) is 7.03. The Morgan fingerprint density at radius 3 is 2.14 bits per heavy atom. The number of aromatic nitrogens is 4. The van der Waals surface area contributed by atoms with E-state index in [4.69, 9.17) is 23.2 Å². The van der Waals surface area contributed by atoms with Crippen LogP contribution in [0.1, 0.15) is 0 Å². The lowest BCUT2D eigenvalue weighted by Crippen LogP contribution is -2.22. The van der Waals surface area contributed by atoms with E-state index in [9.17, 15) is 13.2 Å². The predicted molar refractivity (Wildman–Crippen MR) is 135 cm³/mol. The molecule has 4 rings (SSSR count). The molecule has 0 bridgehead atoms. The Morgan fingerprint density at radius 1 is 0.886 bits per heavy atom. The van der Waals surface area contributed by atoms with Crippen LogP contribution in [-0.4, -0.2) is 53.5 Å². The summed E-state index contributed by atoms with van der Waals surface area (Å²) < 4.78 is 25.9. The summed E-state index contributed by atoms with van der Waals surface area (Å²) in [5.74, 6) is 0.371. The number of carbonyl (C=O) groups excluding carboxylic acids is 1. The van der Waals surface area contributed by atoms with E-state index < -0.39 is 16.1 Å². The summed E-state index contributed by atoms with van der Waals surface area (Å²) in [4.78, 5) is 12.7. The molecule has 10 nitrogen and oxygen atoms in total. The third-order valence-corrected chi connectivity index (χ3v) is 7.21. The molecule has 0 unspecified atom stereocenters. The molecule has 0 spiro atoms. The average Bonchev–Trinajstić information content (AvgIpc) is 3.33. The van der Waals surface area contributed by atoms with Crippen LogP contribution in [0.15, 0.2) is 65.6 Å². The number of hydrogen-bond acceptors (Lipinski definition) is 6. The van der Waals surface area contributed by atoms with Gasteiger partial charge in [-0.25, -0.2) is 22.6 Å². The van der Waals surface area contributed by atoms with Gasteiger partial charge in [-0.15, -0.1) is 5.10 Å². The van der Waals surface area contributed by atoms with Crippen molar-refractivity contribution in [2.24, 2.45) is 0 Å². The fourth-order valence-electron chi connectivity index (χ4n) is 3.28. The van der Waals surface area contributed by atoms with E-state index in [0.29, 0.717) is 32.8 Å². The maximum Gasteiger partial charge on any atom is 0.323 e. The molecule has 2 amide bonds. The number of amides is 2. The zero-order chi connectivity index (χ0) is 25.2. The van der Waals surface area contributed by atoms with Crippen LogP contribution in [-0.2, 0) is 10.0 Å². The number of carbonyl (C=O) groups is 1. The first kappa shape index (κ1) is 24.6. The number of nitrogens with one attached hydrogen (secondary N) is 3. The molecule has 0 radical (unpaired) electrons. The zero-order valence-corrected chi connectivity index (χ0v) is 20.8. The van der Waals surface area contributed by atoms with E-state index in [1.54, 1.807) is 48.5 Å². The molecule has 13 heteroatoms. The monoisotopic (exact) mass is 531 g/mol. The van der Waals surface area contributed by atoms with Gasteiger partial charge in [-0.2, -0.15) is 0 Å². The second-order valence-electron chi connectivity index (χ2n) is 7.56. The number of aromatic amines is 1. The van der Waals surface area contributed by atoms with Gasteiger partial charge in [-0.05, 0) is 64.0 Å². The Morgan fingerprint density at radius 2 is 1.54 bits per heavy atom. The lowest BCUT2D eigenvalue weighted by molar-refractivity contribution is 0.262. The minimum Gasteiger partial charge on any atom is -0.308 e. The Hall–Kier alpha value is -3.51. The SMILES string of the molecule is CN(C)S(=O)(=O)c1ccc(-c2ccc(NC(=O)Nc3cc(Cl)cc(Cl)c3)cc2-c2nnn[nH]2)cc1. The first-order valence-electron chi connectivity index (χ1n) is 10.1. The van der Waals surface area contributed by atoms with Crippen molar-refractivity contribution in [2.45, 2.75) is 4.90 Å². The zero-order valence-electron chi connectivity index (χ0n) is 18.5. The Balaban J connectivity index is 1.63. The van der Waals surface area contributed by atoms with Crippen molar-refractivity contribution in [1.82, 2.24) is 24.9 Å². The number of rotatable bonds is 6. The summed E-state index contributed by atoms with van der Waals surface area (Å²) in [5, 5.41) is 20.2. The molecular formula is C22H19Cl2N7O3S. The second-order valence-corrected chi connectivity index (χ2v) is 10.6. The number of hydrogen-bond donors (Lipinski definition) is 3. The van der Waals surface area contributed by atoms with Crippen LogP contribution in [0.5, 0.6) is 0 Å². The van der Waals surface area contributed by atoms with E-state index in [0.717, 1.165) is 15.4 Å². The van der Waals surface area contributed by atoms with Crippen LogP contribution < -0.4 is 10.6 Å². The van der Waals surface area contributed by atoms with Crippen molar-refractivity contribution in [3.8, 4) is 22.5 Å². The second kappa shape index (κ2) is 10.0. The van der Waals surface area contributed by atoms with Gasteiger partial charge in [0.15, 0.2) is 5.82 Å². The number of sulfonamides is 1. The highest BCUT2D eigenvalue weighted by Crippen LogP contribution is 2.33. The summed E-state index contributed by atoms with van der Waals surface area (Å²) >= 11 is 12.0. The lowest BCUT2D eigenvalue weighted by atomic mass is 9.98. The molecule has 0 aliphatic carbocycles. The third-order valence-electron chi connectivity index (χ3n) is 4.94. The summed E-state index contributed by atoms with van der Waals surface area (Å²) in [7, 11) is -0.610. The number of halogens is 2. The van der Waals surface area contributed by atoms with Crippen LogP contribution >= 0.6 is 23.2 Å². The van der Waals surface area contributed by atoms with Gasteiger partial charge in [-0.3, -0.25) is 0 Å². The summed E-state index contributed by atoms with van der Waals surface area (Å²) in [5.41, 5.74) is 2.96. The number of H-pyrrole nitrogens is 1. The number of benzene rings is 3. The van der Waals surface area contributed by atoms with Crippen molar-refractivity contribution >= 4 is 50.6 Å². The molecule has 0 aliphatic rings. The smallest absolute Gasteiger partial charge is 0.308 e. The highest BCUT2D eigenvalue weighted by molar-refractivity contribution is 7.89. The third kappa shape index (κ3) is 5.60. The summed E-state index contributed by atoms with van der Waals surface area (Å²) in [6.07, 6.45) is 0. The van der Waals surface area contributed by atoms with Crippen molar-refractivity contribution in [2.75, 3.05) is 24.7 Å². The molecule has 4 aromatic rings. The van der Waals surface area contributed by atoms with Gasteiger partial charge >= 0.3 is 6.03 Å². The van der Waals surface area contributed by atoms with Gasteiger partial charge in [0, 0.05) is 41.1 Å². The number of anilines is 2. The standard InChI is InChI=1S/C22H19Cl2N7O3S/c1-31(2)35(33,34)18-6-3-13(4-7-18)19-8-5-16(12-20(19)21-27-29-30-28-21)25-22(32)26-17-10-14(23)9-15(24)11-17/h3-12H,1-2H3,(H2,25,26,32)(H,27,28,29,30). The van der Waals surface area contributed by atoms with Crippen molar-refractivity contribution in [3.05, 3.63) is 70.7 Å². The maximum atomic E-state index is 12.5. The number of nitrogens with zero attached hydrogens (tertiary/aromatic N) is 4. The fourth-order valence-corrected chi connectivity index (χ4v) is 4.71. The highest BCUT2D eigenvalue weighted by atomic mass is 35.5. The van der Waals surface area contributed by atoms with Gasteiger partial charge in [0.1, 0.15) is 0 Å². The quantitative estimate of drug-likeness (QED) is 0.329. The molecule has 0 saturated heterocycles. The van der Waals surface area contributed by atoms with Crippen LogP contribution in [0, 0.1) is 0 Å². The predicted octanol–water partition coefficient (Wildman–Crippen LogP) is 4.73. The van der Waals surface area contributed by atoms with Crippen LogP contribution in [0.25, 0.3) is 22.5 Å². The molecule has 1 aromatic heterocycles. The maximum absolute atomic E-state index is 12.5. The molecule has 0 atom stereocenters. The largest absolute Gasteiger partial charge is 0.323 e. The van der Waals surface area contributed by atoms with E-state index in [1.807, 2.05) is 0 Å². The van der Waals surface area contributed by atoms with E-state index in [2.05, 4.69) is 31.3 Å². The molecular weight excluding hydrogens is 513 g/mol. The van der Waals surface area contributed by atoms with Gasteiger partial charge in [-0.1, -0.05) is 41.4 Å². The van der Waals surface area contributed by atoms with E-state index in [-0.39, 0.29) is 4.90 Å². The Bertz CT molecular complexity index is 1460. The molecule has 1 heterocycles. The minimum absolute atomic E-state index is 0.171. The van der Waals surface area contributed by atoms with Crippen molar-refractivity contribution in [3.63, 3.8) is 0 Å². The van der Waals surface area contributed by atoms with Gasteiger partial charge in [0.05, 0.1) is 4.90 Å². The minimum atomic E-state index is -3.56. The van der Waals surface area contributed by atoms with Gasteiger partial charge < -0.3 is 10.6 Å². The molecule has 0 saturated carbocycles. The summed E-state index contributed by atoms with van der Waals surface area (Å²) in [6, 6.07) is 15.8. The lowest BCUT2D eigenvalue weighted by Gasteiger charge is -2.14. The number of urea groups is 1. The van der Waals surface area contributed by atoms with Gasteiger partial charge in [0.2, 0.25) is 10.0 Å². The van der Waals surface area contributed by atoms with Crippen LogP contribution in [0.4, 0.5) is 16.2 Å². The van der Waals surface area contributed by atoms with Crippen molar-refractivity contribution < 1.29 is 13.2 Å². The number of tetrazole rings is 1. The topological polar surface area (TPSA) is 133 Å². The van der Waals surface area contributed by atoms with Crippen molar-refractivity contribution in [1.29, 1.82) is 0 Å². The van der Waals surface area contributed by atoms with E-state index >= 15 is 0 Å². The van der Waals surface area contributed by atoms with Crippen LogP contribution in [0.3, 0.4) is 0 Å². The first-order valence-corrected chi connectivity index (χ1v) is 12.3. The first-order chi connectivity index (χ1) is 16.6. The summed E-state index contributed by atoms with van der Waals surface area (Å²) in [6.45, 7) is 0. The molecule has 0 aliphatic heterocycles. The molecule has 3 aromatic carbocycles. The van der Waals surface area contributed by atoms with Gasteiger partial charge in [0.25, 0.3) is 0 Å². The molecule has 35 heavy (non-hydrogen) atoms. The highest BCUT2D eigenvalue weighted by Gasteiger charge is 2.18. The Labute approximate surface area is 211 Å². The molecule has 3 N–H and O–H groups in total. The van der Waals surface area contributed by atoms with Crippen LogP contribution in [0.2, 0.25) is 10.0 Å². The normalized spacial score (nSPS) is 11.5. The van der Waals surface area contributed by atoms with E-state index in [1.165, 1.54) is 26.2 Å². The fraction of sp³-hybridized carbons (Fsp3) is 0.0909. The molecule has 180 valence electrons. The average molecular weight is 532 g/mol. The molecule has 0 fully saturated rings.